The number of amides is 1. The highest BCUT2D eigenvalue weighted by molar-refractivity contribution is 5.79. The van der Waals surface area contributed by atoms with Gasteiger partial charge in [-0.3, -0.25) is 9.89 Å². The smallest absolute Gasteiger partial charge is 0.410 e. The lowest BCUT2D eigenvalue weighted by Crippen LogP contribution is -2.51. The van der Waals surface area contributed by atoms with E-state index in [2.05, 4.69) is 27.4 Å². The van der Waals surface area contributed by atoms with Crippen LogP contribution >= 0.6 is 0 Å². The molecule has 0 unspecified atom stereocenters. The molecule has 1 heterocycles. The van der Waals surface area contributed by atoms with Crippen molar-refractivity contribution in [1.82, 2.24) is 20.4 Å². The molecule has 1 aliphatic rings. The van der Waals surface area contributed by atoms with E-state index in [4.69, 9.17) is 14.2 Å². The zero-order valence-electron chi connectivity index (χ0n) is 19.0. The SMILES string of the molecule is CCNC(=NCCCOCCOC)NCCN1CCN(C(=O)OC(C)(C)C)CC1. The Bertz CT molecular complexity index is 474. The highest BCUT2D eigenvalue weighted by Gasteiger charge is 2.25. The number of piperazine rings is 1. The molecule has 1 rings (SSSR count). The minimum Gasteiger partial charge on any atom is -0.444 e. The fourth-order valence-corrected chi connectivity index (χ4v) is 2.76. The molecule has 1 saturated heterocycles. The summed E-state index contributed by atoms with van der Waals surface area (Å²) in [5, 5.41) is 6.64. The number of guanidine groups is 1. The van der Waals surface area contributed by atoms with Crippen molar-refractivity contribution in [2.45, 2.75) is 39.7 Å². The van der Waals surface area contributed by atoms with Crippen molar-refractivity contribution in [2.75, 3.05) is 79.3 Å². The Balaban J connectivity index is 2.21. The molecule has 0 bridgehead atoms. The second-order valence-electron chi connectivity index (χ2n) is 7.96. The number of ether oxygens (including phenoxy) is 3. The molecule has 2 N–H and O–H groups in total. The summed E-state index contributed by atoms with van der Waals surface area (Å²) in [4.78, 5) is 20.8. The van der Waals surface area contributed by atoms with Crippen LogP contribution in [-0.4, -0.2) is 107 Å². The van der Waals surface area contributed by atoms with Crippen LogP contribution in [0.5, 0.6) is 0 Å². The zero-order valence-corrected chi connectivity index (χ0v) is 19.0. The lowest BCUT2D eigenvalue weighted by molar-refractivity contribution is 0.0147. The van der Waals surface area contributed by atoms with Crippen molar-refractivity contribution in [3.8, 4) is 0 Å². The van der Waals surface area contributed by atoms with Gasteiger partial charge in [-0.05, 0) is 34.1 Å². The highest BCUT2D eigenvalue weighted by Crippen LogP contribution is 2.11. The van der Waals surface area contributed by atoms with E-state index in [0.717, 1.165) is 51.6 Å². The number of nitrogens with one attached hydrogen (secondary N) is 2. The number of rotatable bonds is 11. The molecule has 0 atom stereocenters. The van der Waals surface area contributed by atoms with Crippen LogP contribution in [0.3, 0.4) is 0 Å². The van der Waals surface area contributed by atoms with E-state index in [9.17, 15) is 4.79 Å². The summed E-state index contributed by atoms with van der Waals surface area (Å²) in [7, 11) is 1.67. The van der Waals surface area contributed by atoms with Gasteiger partial charge in [-0.1, -0.05) is 0 Å². The minimum absolute atomic E-state index is 0.219. The molecule has 0 aromatic carbocycles. The average Bonchev–Trinajstić information content (AvgIpc) is 2.66. The molecule has 0 aliphatic carbocycles. The summed E-state index contributed by atoms with van der Waals surface area (Å²) in [6.07, 6.45) is 0.662. The fraction of sp³-hybridized carbons (Fsp3) is 0.900. The Morgan fingerprint density at radius 3 is 2.41 bits per heavy atom. The van der Waals surface area contributed by atoms with Gasteiger partial charge in [-0.15, -0.1) is 0 Å². The summed E-state index contributed by atoms with van der Waals surface area (Å²) in [6, 6.07) is 0. The largest absolute Gasteiger partial charge is 0.444 e. The van der Waals surface area contributed by atoms with E-state index in [1.54, 1.807) is 12.0 Å². The predicted octanol–water partition coefficient (Wildman–Crippen LogP) is 1.15. The molecule has 0 aromatic rings. The van der Waals surface area contributed by atoms with Crippen LogP contribution in [0.25, 0.3) is 0 Å². The Kier molecular flexibility index (Phi) is 12.6. The summed E-state index contributed by atoms with van der Waals surface area (Å²) in [6.45, 7) is 16.0. The topological polar surface area (TPSA) is 87.7 Å². The molecule has 1 fully saturated rings. The van der Waals surface area contributed by atoms with Crippen LogP contribution in [0.1, 0.15) is 34.1 Å². The fourth-order valence-electron chi connectivity index (χ4n) is 2.76. The van der Waals surface area contributed by atoms with Gasteiger partial charge in [0.1, 0.15) is 5.60 Å². The third-order valence-electron chi connectivity index (χ3n) is 4.24. The van der Waals surface area contributed by atoms with E-state index in [1.807, 2.05) is 20.8 Å². The quantitative estimate of drug-likeness (QED) is 0.297. The normalized spacial score (nSPS) is 16.0. The van der Waals surface area contributed by atoms with Gasteiger partial charge in [-0.2, -0.15) is 0 Å². The molecular weight excluding hydrogens is 374 g/mol. The van der Waals surface area contributed by atoms with Crippen molar-refractivity contribution < 1.29 is 19.0 Å². The van der Waals surface area contributed by atoms with Gasteiger partial charge in [0.15, 0.2) is 5.96 Å². The second-order valence-corrected chi connectivity index (χ2v) is 7.96. The molecule has 1 aliphatic heterocycles. The second kappa shape index (κ2) is 14.4. The van der Waals surface area contributed by atoms with Crippen molar-refractivity contribution in [3.63, 3.8) is 0 Å². The monoisotopic (exact) mass is 415 g/mol. The third-order valence-corrected chi connectivity index (χ3v) is 4.24. The van der Waals surface area contributed by atoms with Crippen molar-refractivity contribution in [1.29, 1.82) is 0 Å². The molecule has 1 amide bonds. The first kappa shape index (κ1) is 25.5. The molecule has 29 heavy (non-hydrogen) atoms. The standard InChI is InChI=1S/C20H41N5O4/c1-6-21-18(22-8-7-15-28-17-16-27-5)23-9-10-24-11-13-25(14-12-24)19(26)29-20(2,3)4/h6-17H2,1-5H3,(H2,21,22,23). The van der Waals surface area contributed by atoms with Crippen molar-refractivity contribution >= 4 is 12.1 Å². The van der Waals surface area contributed by atoms with Crippen LogP contribution in [0.2, 0.25) is 0 Å². The number of nitrogens with zero attached hydrogens (tertiary/aromatic N) is 3. The van der Waals surface area contributed by atoms with E-state index < -0.39 is 5.60 Å². The van der Waals surface area contributed by atoms with Gasteiger partial charge in [0.2, 0.25) is 0 Å². The summed E-state index contributed by atoms with van der Waals surface area (Å²) in [5.74, 6) is 0.830. The molecule has 9 nitrogen and oxygen atoms in total. The van der Waals surface area contributed by atoms with Crippen LogP contribution in [0.4, 0.5) is 4.79 Å². The van der Waals surface area contributed by atoms with Crippen molar-refractivity contribution in [3.05, 3.63) is 0 Å². The van der Waals surface area contributed by atoms with Gasteiger partial charge in [0.25, 0.3) is 0 Å². The van der Waals surface area contributed by atoms with E-state index >= 15 is 0 Å². The number of methoxy groups -OCH3 is 1. The molecule has 0 radical (unpaired) electrons. The van der Waals surface area contributed by atoms with Gasteiger partial charge in [-0.25, -0.2) is 4.79 Å². The number of hydrogen-bond donors (Lipinski definition) is 2. The molecule has 0 saturated carbocycles. The maximum Gasteiger partial charge on any atom is 0.410 e. The number of aliphatic imine (C=N–C) groups is 1. The van der Waals surface area contributed by atoms with Crippen LogP contribution in [-0.2, 0) is 14.2 Å². The Morgan fingerprint density at radius 2 is 1.79 bits per heavy atom. The molecular formula is C20H41N5O4. The first-order valence-electron chi connectivity index (χ1n) is 10.6. The molecule has 0 aromatic heterocycles. The summed E-state index contributed by atoms with van der Waals surface area (Å²) in [5.41, 5.74) is -0.448. The Labute approximate surface area is 176 Å². The minimum atomic E-state index is -0.448. The first-order valence-corrected chi connectivity index (χ1v) is 10.6. The van der Waals surface area contributed by atoms with Gasteiger partial charge >= 0.3 is 6.09 Å². The summed E-state index contributed by atoms with van der Waals surface area (Å²) >= 11 is 0. The van der Waals surface area contributed by atoms with E-state index in [1.165, 1.54) is 0 Å². The number of hydrogen-bond acceptors (Lipinski definition) is 6. The first-order chi connectivity index (χ1) is 13.9. The highest BCUT2D eigenvalue weighted by atomic mass is 16.6. The number of carbonyl (C=O) groups excluding carboxylic acids is 1. The van der Waals surface area contributed by atoms with Gasteiger partial charge in [0, 0.05) is 66.1 Å². The predicted molar refractivity (Wildman–Crippen MR) is 116 cm³/mol. The Hall–Kier alpha value is -1.58. The third kappa shape index (κ3) is 12.6. The van der Waals surface area contributed by atoms with E-state index in [0.29, 0.717) is 32.9 Å². The number of carbonyl (C=O) groups is 1. The maximum atomic E-state index is 12.1. The van der Waals surface area contributed by atoms with Crippen LogP contribution in [0.15, 0.2) is 4.99 Å². The summed E-state index contributed by atoms with van der Waals surface area (Å²) < 4.78 is 15.8. The van der Waals surface area contributed by atoms with Crippen molar-refractivity contribution in [2.24, 2.45) is 4.99 Å². The molecule has 9 heteroatoms. The van der Waals surface area contributed by atoms with Crippen LogP contribution < -0.4 is 10.6 Å². The van der Waals surface area contributed by atoms with Gasteiger partial charge < -0.3 is 29.7 Å². The zero-order chi connectivity index (χ0) is 21.5. The maximum absolute atomic E-state index is 12.1. The average molecular weight is 416 g/mol. The molecule has 170 valence electrons. The Morgan fingerprint density at radius 1 is 1.07 bits per heavy atom. The lowest BCUT2D eigenvalue weighted by atomic mass is 10.2. The lowest BCUT2D eigenvalue weighted by Gasteiger charge is -2.35. The molecule has 0 spiro atoms. The van der Waals surface area contributed by atoms with Crippen LogP contribution in [0, 0.1) is 0 Å². The van der Waals surface area contributed by atoms with E-state index in [-0.39, 0.29) is 6.09 Å². The van der Waals surface area contributed by atoms with Gasteiger partial charge in [0.05, 0.1) is 13.2 Å².